The molecule has 0 radical (unpaired) electrons. The van der Waals surface area contributed by atoms with E-state index in [1.54, 1.807) is 42.3 Å². The molecule has 0 saturated carbocycles. The molecular formula is C21H16ClNO6. The monoisotopic (exact) mass is 413 g/mol. The first-order valence-corrected chi connectivity index (χ1v) is 9.17. The lowest BCUT2D eigenvalue weighted by Crippen LogP contribution is -2.20. The molecule has 2 aromatic carbocycles. The van der Waals surface area contributed by atoms with Crippen LogP contribution in [-0.4, -0.2) is 38.1 Å². The number of carbonyl (C=O) groups is 3. The molecule has 8 heteroatoms. The molecule has 0 saturated heterocycles. The second-order valence-corrected chi connectivity index (χ2v) is 6.98. The molecule has 148 valence electrons. The molecule has 1 amide bonds. The van der Waals surface area contributed by atoms with E-state index in [1.807, 2.05) is 0 Å². The van der Waals surface area contributed by atoms with E-state index in [1.165, 1.54) is 12.2 Å². The van der Waals surface area contributed by atoms with Gasteiger partial charge in [-0.15, -0.1) is 0 Å². The molecule has 2 aliphatic heterocycles. The fourth-order valence-electron chi connectivity index (χ4n) is 3.16. The van der Waals surface area contributed by atoms with E-state index < -0.39 is 12.6 Å². The number of carbonyl (C=O) groups excluding carboxylic acids is 3. The minimum absolute atomic E-state index is 0.0233. The molecule has 4 rings (SSSR count). The van der Waals surface area contributed by atoms with Crippen LogP contribution in [0.4, 0.5) is 5.69 Å². The van der Waals surface area contributed by atoms with Gasteiger partial charge in [-0.3, -0.25) is 9.59 Å². The number of hydrogen-bond donors (Lipinski definition) is 0. The average Bonchev–Trinajstić information content (AvgIpc) is 3.29. The second kappa shape index (κ2) is 7.60. The van der Waals surface area contributed by atoms with Gasteiger partial charge in [0.1, 0.15) is 0 Å². The highest BCUT2D eigenvalue weighted by Gasteiger charge is 2.25. The molecule has 2 heterocycles. The molecule has 0 atom stereocenters. The van der Waals surface area contributed by atoms with Crippen LogP contribution in [-0.2, 0) is 20.7 Å². The van der Waals surface area contributed by atoms with Crippen LogP contribution in [0.25, 0.3) is 6.08 Å². The number of ether oxygens (including phenoxy) is 3. The van der Waals surface area contributed by atoms with Crippen molar-refractivity contribution in [1.82, 2.24) is 0 Å². The maximum atomic E-state index is 12.3. The minimum Gasteiger partial charge on any atom is -0.454 e. The van der Waals surface area contributed by atoms with E-state index in [0.29, 0.717) is 27.6 Å². The third-order valence-electron chi connectivity index (χ3n) is 4.69. The first-order chi connectivity index (χ1) is 13.9. The predicted octanol–water partition coefficient (Wildman–Crippen LogP) is 3.03. The first-order valence-electron chi connectivity index (χ1n) is 8.79. The number of esters is 1. The Bertz CT molecular complexity index is 1060. The fourth-order valence-corrected chi connectivity index (χ4v) is 3.43. The van der Waals surface area contributed by atoms with Crippen LogP contribution in [0.2, 0.25) is 5.02 Å². The fraction of sp³-hybridized carbons (Fsp3) is 0.190. The SMILES string of the molecule is CN1C(=O)Cc2cc(C(=O)COC(=O)/C=C/c3cc(Cl)c4c(c3)OCO4)ccc21. The molecule has 2 aliphatic rings. The summed E-state index contributed by atoms with van der Waals surface area (Å²) in [7, 11) is 1.69. The number of fused-ring (bicyclic) bond motifs is 2. The van der Waals surface area contributed by atoms with Gasteiger partial charge in [-0.1, -0.05) is 11.6 Å². The maximum Gasteiger partial charge on any atom is 0.331 e. The maximum absolute atomic E-state index is 12.3. The Morgan fingerprint density at radius 1 is 1.24 bits per heavy atom. The number of hydrogen-bond acceptors (Lipinski definition) is 6. The number of anilines is 1. The van der Waals surface area contributed by atoms with Crippen molar-refractivity contribution in [3.8, 4) is 11.5 Å². The number of rotatable bonds is 5. The topological polar surface area (TPSA) is 82.1 Å². The van der Waals surface area contributed by atoms with Gasteiger partial charge in [0, 0.05) is 24.4 Å². The highest BCUT2D eigenvalue weighted by molar-refractivity contribution is 6.32. The molecule has 0 unspecified atom stereocenters. The smallest absolute Gasteiger partial charge is 0.331 e. The summed E-state index contributed by atoms with van der Waals surface area (Å²) >= 11 is 6.10. The predicted molar refractivity (Wildman–Crippen MR) is 105 cm³/mol. The number of benzene rings is 2. The third-order valence-corrected chi connectivity index (χ3v) is 4.97. The molecule has 0 spiro atoms. The van der Waals surface area contributed by atoms with Crippen molar-refractivity contribution >= 4 is 41.0 Å². The molecule has 0 fully saturated rings. The van der Waals surface area contributed by atoms with E-state index in [0.717, 1.165) is 11.3 Å². The largest absolute Gasteiger partial charge is 0.454 e. The van der Waals surface area contributed by atoms with Crippen molar-refractivity contribution in [3.05, 3.63) is 58.1 Å². The highest BCUT2D eigenvalue weighted by atomic mass is 35.5. The molecule has 0 bridgehead atoms. The molecule has 2 aromatic rings. The van der Waals surface area contributed by atoms with Crippen LogP contribution < -0.4 is 14.4 Å². The summed E-state index contributed by atoms with van der Waals surface area (Å²) in [5, 5.41) is 0.379. The Morgan fingerprint density at radius 3 is 2.90 bits per heavy atom. The van der Waals surface area contributed by atoms with E-state index in [4.69, 9.17) is 25.8 Å². The minimum atomic E-state index is -0.664. The van der Waals surface area contributed by atoms with Gasteiger partial charge in [-0.05, 0) is 47.5 Å². The Morgan fingerprint density at radius 2 is 2.07 bits per heavy atom. The number of halogens is 1. The highest BCUT2D eigenvalue weighted by Crippen LogP contribution is 2.40. The van der Waals surface area contributed by atoms with Crippen LogP contribution in [0.5, 0.6) is 11.5 Å². The zero-order chi connectivity index (χ0) is 20.5. The zero-order valence-electron chi connectivity index (χ0n) is 15.4. The number of ketones is 1. The summed E-state index contributed by atoms with van der Waals surface area (Å²) in [6.45, 7) is -0.298. The first kappa shape index (κ1) is 19.0. The quantitative estimate of drug-likeness (QED) is 0.425. The summed E-state index contributed by atoms with van der Waals surface area (Å²) in [6, 6.07) is 8.32. The Hall–Kier alpha value is -3.32. The van der Waals surface area contributed by atoms with Gasteiger partial charge in [0.15, 0.2) is 23.9 Å². The van der Waals surface area contributed by atoms with Gasteiger partial charge in [-0.2, -0.15) is 0 Å². The number of likely N-dealkylation sites (N-methyl/N-ethyl adjacent to an activating group) is 1. The molecule has 0 N–H and O–H groups in total. The van der Waals surface area contributed by atoms with Gasteiger partial charge in [0.25, 0.3) is 0 Å². The standard InChI is InChI=1S/C21H16ClNO6/c1-23-16-4-3-13(8-14(16)9-19(23)25)17(24)10-27-20(26)5-2-12-6-15(22)21-18(7-12)28-11-29-21/h2-8H,9-11H2,1H3/b5-2+. The summed E-state index contributed by atoms with van der Waals surface area (Å²) in [4.78, 5) is 37.5. The van der Waals surface area contributed by atoms with Crippen LogP contribution in [0.15, 0.2) is 36.4 Å². The molecular weight excluding hydrogens is 398 g/mol. The molecule has 7 nitrogen and oxygen atoms in total. The lowest BCUT2D eigenvalue weighted by molar-refractivity contribution is -0.136. The Kier molecular flexibility index (Phi) is 4.98. The van der Waals surface area contributed by atoms with Gasteiger partial charge >= 0.3 is 5.97 Å². The van der Waals surface area contributed by atoms with E-state index >= 15 is 0 Å². The van der Waals surface area contributed by atoms with Crippen LogP contribution in [0.1, 0.15) is 21.5 Å². The van der Waals surface area contributed by atoms with Crippen molar-refractivity contribution in [1.29, 1.82) is 0 Å². The third kappa shape index (κ3) is 3.82. The average molecular weight is 414 g/mol. The van der Waals surface area contributed by atoms with Gasteiger partial charge < -0.3 is 19.1 Å². The second-order valence-electron chi connectivity index (χ2n) is 6.57. The lowest BCUT2D eigenvalue weighted by atomic mass is 10.1. The molecule has 29 heavy (non-hydrogen) atoms. The Balaban J connectivity index is 1.36. The van der Waals surface area contributed by atoms with Crippen molar-refractivity contribution in [2.24, 2.45) is 0 Å². The summed E-state index contributed by atoms with van der Waals surface area (Å²) in [5.41, 5.74) is 2.60. The van der Waals surface area contributed by atoms with Crippen LogP contribution in [0, 0.1) is 0 Å². The van der Waals surface area contributed by atoms with Gasteiger partial charge in [0.2, 0.25) is 12.7 Å². The van der Waals surface area contributed by atoms with Crippen molar-refractivity contribution < 1.29 is 28.6 Å². The molecule has 0 aliphatic carbocycles. The van der Waals surface area contributed by atoms with Crippen LogP contribution in [0.3, 0.4) is 0 Å². The van der Waals surface area contributed by atoms with Gasteiger partial charge in [-0.25, -0.2) is 4.79 Å². The lowest BCUT2D eigenvalue weighted by Gasteiger charge is -2.10. The van der Waals surface area contributed by atoms with Crippen molar-refractivity contribution in [2.45, 2.75) is 6.42 Å². The summed E-state index contributed by atoms with van der Waals surface area (Å²) in [6.07, 6.45) is 2.97. The van der Waals surface area contributed by atoms with Crippen LogP contribution >= 0.6 is 11.6 Å². The summed E-state index contributed by atoms with van der Waals surface area (Å²) in [5.74, 6) is -0.0590. The number of Topliss-reactive ketones (excluding diaryl/α,β-unsaturated/α-hetero) is 1. The Labute approximate surface area is 171 Å². The summed E-state index contributed by atoms with van der Waals surface area (Å²) < 4.78 is 15.5. The number of nitrogens with zero attached hydrogens (tertiary/aromatic N) is 1. The number of amides is 1. The van der Waals surface area contributed by atoms with Crippen molar-refractivity contribution in [2.75, 3.05) is 25.3 Å². The normalized spacial score (nSPS) is 14.4. The van der Waals surface area contributed by atoms with Crippen molar-refractivity contribution in [3.63, 3.8) is 0 Å². The van der Waals surface area contributed by atoms with E-state index in [-0.39, 0.29) is 24.9 Å². The van der Waals surface area contributed by atoms with Gasteiger partial charge in [0.05, 0.1) is 11.4 Å². The van der Waals surface area contributed by atoms with E-state index in [9.17, 15) is 14.4 Å². The zero-order valence-corrected chi connectivity index (χ0v) is 16.2. The molecule has 0 aromatic heterocycles. The van der Waals surface area contributed by atoms with E-state index in [2.05, 4.69) is 0 Å².